The summed E-state index contributed by atoms with van der Waals surface area (Å²) in [5, 5.41) is -0.411. The molecule has 2 aromatic carbocycles. The van der Waals surface area contributed by atoms with Gasteiger partial charge in [-0.3, -0.25) is 9.36 Å². The molecule has 8 heteroatoms. The van der Waals surface area contributed by atoms with E-state index in [1.807, 2.05) is 6.92 Å². The van der Waals surface area contributed by atoms with Gasteiger partial charge < -0.3 is 9.64 Å². The zero-order valence-electron chi connectivity index (χ0n) is 19.1. The molecule has 1 aliphatic carbocycles. The van der Waals surface area contributed by atoms with Gasteiger partial charge in [0.25, 0.3) is 5.56 Å². The maximum atomic E-state index is 13.6. The second-order valence-electron chi connectivity index (χ2n) is 9.15. The molecule has 1 aromatic heterocycles. The van der Waals surface area contributed by atoms with Gasteiger partial charge in [0, 0.05) is 25.6 Å². The molecule has 0 amide bonds. The molecule has 3 aromatic rings. The number of fused-ring (bicyclic) bond motifs is 1. The van der Waals surface area contributed by atoms with Crippen LogP contribution in [0.15, 0.2) is 47.3 Å². The van der Waals surface area contributed by atoms with Crippen molar-refractivity contribution in [1.29, 1.82) is 0 Å². The van der Waals surface area contributed by atoms with Crippen LogP contribution in [-0.2, 0) is 12.6 Å². The molecular weight excluding hydrogens is 443 g/mol. The lowest BCUT2D eigenvalue weighted by atomic mass is 9.90. The van der Waals surface area contributed by atoms with E-state index in [2.05, 4.69) is 9.88 Å². The summed E-state index contributed by atoms with van der Waals surface area (Å²) in [5.41, 5.74) is -1.15. The topological polar surface area (TPSA) is 47.4 Å². The lowest BCUT2D eigenvalue weighted by molar-refractivity contribution is -0.136. The molecule has 0 unspecified atom stereocenters. The van der Waals surface area contributed by atoms with Crippen LogP contribution in [0.2, 0.25) is 0 Å². The number of aryl methyl sites for hydroxylation is 1. The number of aromatic nitrogens is 2. The molecule has 1 aliphatic heterocycles. The molecule has 34 heavy (non-hydrogen) atoms. The van der Waals surface area contributed by atoms with E-state index >= 15 is 0 Å². The van der Waals surface area contributed by atoms with Crippen LogP contribution in [0.25, 0.3) is 16.6 Å². The lowest BCUT2D eigenvalue weighted by Crippen LogP contribution is -2.46. The van der Waals surface area contributed by atoms with E-state index in [0.717, 1.165) is 38.0 Å². The minimum atomic E-state index is -4.64. The lowest BCUT2D eigenvalue weighted by Gasteiger charge is -2.41. The van der Waals surface area contributed by atoms with Gasteiger partial charge in [-0.15, -0.1) is 0 Å². The Hall–Kier alpha value is -2.87. The van der Waals surface area contributed by atoms with E-state index in [1.54, 1.807) is 24.3 Å². The highest BCUT2D eigenvalue weighted by atomic mass is 19.4. The van der Waals surface area contributed by atoms with Crippen molar-refractivity contribution >= 4 is 10.9 Å². The molecular formula is C26H28F3N3O2. The molecule has 1 saturated heterocycles. The Labute approximate surface area is 196 Å². The summed E-state index contributed by atoms with van der Waals surface area (Å²) < 4.78 is 48.2. The molecule has 2 heterocycles. The highest BCUT2D eigenvalue weighted by Gasteiger charge is 2.34. The van der Waals surface area contributed by atoms with Gasteiger partial charge in [0.1, 0.15) is 17.7 Å². The average molecular weight is 472 g/mol. The number of hydrogen-bond acceptors (Lipinski definition) is 4. The minimum absolute atomic E-state index is 0.0566. The molecule has 0 spiro atoms. The van der Waals surface area contributed by atoms with E-state index in [1.165, 1.54) is 36.0 Å². The number of alkyl halides is 3. The summed E-state index contributed by atoms with van der Waals surface area (Å²) in [6.07, 6.45) is 1.81. The van der Waals surface area contributed by atoms with E-state index in [4.69, 9.17) is 4.74 Å². The summed E-state index contributed by atoms with van der Waals surface area (Å²) in [4.78, 5) is 20.2. The molecule has 0 N–H and O–H groups in total. The van der Waals surface area contributed by atoms with Gasteiger partial charge in [0.05, 0.1) is 22.2 Å². The van der Waals surface area contributed by atoms with Crippen LogP contribution in [0.4, 0.5) is 13.2 Å². The predicted octanol–water partition coefficient (Wildman–Crippen LogP) is 5.36. The number of ether oxygens (including phenoxy) is 1. The van der Waals surface area contributed by atoms with Crippen LogP contribution >= 0.6 is 0 Å². The first-order valence-electron chi connectivity index (χ1n) is 12.0. The standard InChI is InChI=1S/C26H28F3N3O2/c1-2-23-30-22-8-4-7-21(26(27,28)29)24(22)25(33)32(23)18-9-11-19(12-10-18)34-20-13-15-31(16-14-20)17-5-3-6-17/h4,7-12,17,20H,2-3,5-6,13-16H2,1H3. The second kappa shape index (κ2) is 9.06. The van der Waals surface area contributed by atoms with Crippen molar-refractivity contribution in [3.63, 3.8) is 0 Å². The van der Waals surface area contributed by atoms with Crippen LogP contribution in [0.3, 0.4) is 0 Å². The molecule has 2 fully saturated rings. The maximum absolute atomic E-state index is 13.6. The first-order chi connectivity index (χ1) is 16.3. The zero-order valence-corrected chi connectivity index (χ0v) is 19.1. The van der Waals surface area contributed by atoms with Gasteiger partial charge in [-0.25, -0.2) is 4.98 Å². The predicted molar refractivity (Wildman–Crippen MR) is 125 cm³/mol. The highest BCUT2D eigenvalue weighted by Crippen LogP contribution is 2.33. The van der Waals surface area contributed by atoms with Gasteiger partial charge in [-0.05, 0) is 62.1 Å². The second-order valence-corrected chi connectivity index (χ2v) is 9.15. The number of piperidine rings is 1. The van der Waals surface area contributed by atoms with Crippen LogP contribution in [0.1, 0.15) is 50.4 Å². The molecule has 0 atom stereocenters. The first kappa shape index (κ1) is 22.9. The number of hydrogen-bond donors (Lipinski definition) is 0. The Kier molecular flexibility index (Phi) is 6.10. The van der Waals surface area contributed by atoms with E-state index in [9.17, 15) is 18.0 Å². The van der Waals surface area contributed by atoms with Crippen molar-refractivity contribution < 1.29 is 17.9 Å². The fourth-order valence-electron chi connectivity index (χ4n) is 4.99. The molecule has 5 rings (SSSR count). The Bertz CT molecular complexity index is 1220. The Morgan fingerprint density at radius 1 is 1.03 bits per heavy atom. The molecule has 0 bridgehead atoms. The van der Waals surface area contributed by atoms with Crippen molar-refractivity contribution in [2.24, 2.45) is 0 Å². The normalized spacial score (nSPS) is 18.2. The number of benzene rings is 2. The van der Waals surface area contributed by atoms with Crippen molar-refractivity contribution in [1.82, 2.24) is 14.5 Å². The van der Waals surface area contributed by atoms with Gasteiger partial charge in [-0.1, -0.05) is 19.4 Å². The highest BCUT2D eigenvalue weighted by molar-refractivity contribution is 5.82. The number of halogens is 3. The van der Waals surface area contributed by atoms with Gasteiger partial charge in [0.15, 0.2) is 0 Å². The fraction of sp³-hybridized carbons (Fsp3) is 0.462. The van der Waals surface area contributed by atoms with Crippen LogP contribution < -0.4 is 10.3 Å². The quantitative estimate of drug-likeness (QED) is 0.503. The largest absolute Gasteiger partial charge is 0.490 e. The van der Waals surface area contributed by atoms with Crippen molar-refractivity contribution in [3.05, 3.63) is 64.2 Å². The monoisotopic (exact) mass is 471 g/mol. The van der Waals surface area contributed by atoms with Crippen molar-refractivity contribution in [2.45, 2.75) is 63.8 Å². The third-order valence-electron chi connectivity index (χ3n) is 7.05. The van der Waals surface area contributed by atoms with Crippen LogP contribution in [-0.4, -0.2) is 39.7 Å². The third kappa shape index (κ3) is 4.31. The molecule has 0 radical (unpaired) electrons. The Morgan fingerprint density at radius 3 is 2.32 bits per heavy atom. The Morgan fingerprint density at radius 2 is 1.74 bits per heavy atom. The van der Waals surface area contributed by atoms with E-state index in [0.29, 0.717) is 23.7 Å². The van der Waals surface area contributed by atoms with E-state index < -0.39 is 22.7 Å². The fourth-order valence-corrected chi connectivity index (χ4v) is 4.99. The third-order valence-corrected chi connectivity index (χ3v) is 7.05. The molecule has 2 aliphatic rings. The summed E-state index contributed by atoms with van der Waals surface area (Å²) in [6.45, 7) is 3.92. The first-order valence-corrected chi connectivity index (χ1v) is 12.0. The van der Waals surface area contributed by atoms with E-state index in [-0.39, 0.29) is 11.6 Å². The number of nitrogens with zero attached hydrogens (tertiary/aromatic N) is 3. The van der Waals surface area contributed by atoms with Gasteiger partial charge >= 0.3 is 6.18 Å². The zero-order chi connectivity index (χ0) is 23.9. The van der Waals surface area contributed by atoms with Gasteiger partial charge in [-0.2, -0.15) is 13.2 Å². The van der Waals surface area contributed by atoms with Crippen molar-refractivity contribution in [2.75, 3.05) is 13.1 Å². The smallest absolute Gasteiger partial charge is 0.417 e. The summed E-state index contributed by atoms with van der Waals surface area (Å²) >= 11 is 0. The Balaban J connectivity index is 1.40. The SMILES string of the molecule is CCc1nc2cccc(C(F)(F)F)c2c(=O)n1-c1ccc(OC2CCN(C3CCC3)CC2)cc1. The maximum Gasteiger partial charge on any atom is 0.417 e. The minimum Gasteiger partial charge on any atom is -0.490 e. The summed E-state index contributed by atoms with van der Waals surface area (Å²) in [6, 6.07) is 11.4. The molecule has 1 saturated carbocycles. The van der Waals surface area contributed by atoms with Crippen LogP contribution in [0, 0.1) is 0 Å². The molecule has 180 valence electrons. The molecule has 5 nitrogen and oxygen atoms in total. The average Bonchev–Trinajstić information content (AvgIpc) is 2.79. The number of rotatable bonds is 5. The summed E-state index contributed by atoms with van der Waals surface area (Å²) in [7, 11) is 0. The van der Waals surface area contributed by atoms with Crippen molar-refractivity contribution in [3.8, 4) is 11.4 Å². The summed E-state index contributed by atoms with van der Waals surface area (Å²) in [5.74, 6) is 1.11. The van der Waals surface area contributed by atoms with Crippen LogP contribution in [0.5, 0.6) is 5.75 Å². The number of likely N-dealkylation sites (tertiary alicyclic amines) is 1. The van der Waals surface area contributed by atoms with Gasteiger partial charge in [0.2, 0.25) is 0 Å².